The molecule has 0 radical (unpaired) electrons. The van der Waals surface area contributed by atoms with Crippen molar-refractivity contribution in [2.24, 2.45) is 17.8 Å². The molecule has 0 amide bonds. The van der Waals surface area contributed by atoms with Gasteiger partial charge in [-0.3, -0.25) is 0 Å². The van der Waals surface area contributed by atoms with E-state index in [2.05, 4.69) is 93.8 Å². The maximum Gasteiger partial charge on any atom is 0.259 e. The number of hydrogen-bond donors (Lipinski definition) is 1. The van der Waals surface area contributed by atoms with Crippen LogP contribution in [0.4, 0.5) is 0 Å². The highest BCUT2D eigenvalue weighted by molar-refractivity contribution is 7.44. The van der Waals surface area contributed by atoms with Gasteiger partial charge in [0.1, 0.15) is 29.8 Å². The second-order valence-corrected chi connectivity index (χ2v) is 17.6. The van der Waals surface area contributed by atoms with Crippen molar-refractivity contribution in [1.29, 1.82) is 5.26 Å². The molecule has 0 aliphatic carbocycles. The van der Waals surface area contributed by atoms with Crippen LogP contribution in [0.25, 0.3) is 0 Å². The Morgan fingerprint density at radius 3 is 2.02 bits per heavy atom. The van der Waals surface area contributed by atoms with Crippen LogP contribution in [-0.4, -0.2) is 53.4 Å². The third kappa shape index (κ3) is 14.3. The van der Waals surface area contributed by atoms with Crippen molar-refractivity contribution < 1.29 is 23.6 Å². The number of fused-ring (bicyclic) bond motifs is 1. The van der Waals surface area contributed by atoms with Gasteiger partial charge in [0.2, 0.25) is 0 Å². The highest BCUT2D eigenvalue weighted by Crippen LogP contribution is 2.48. The molecule has 1 aromatic carbocycles. The Labute approximate surface area is 302 Å². The first kappa shape index (κ1) is 43.7. The number of hydrogen-bond acceptors (Lipinski definition) is 7. The number of nitriles is 1. The van der Waals surface area contributed by atoms with E-state index in [1.165, 1.54) is 56.9 Å². The molecule has 0 fully saturated rings. The van der Waals surface area contributed by atoms with Crippen LogP contribution < -0.4 is 9.47 Å². The van der Waals surface area contributed by atoms with Gasteiger partial charge in [-0.2, -0.15) is 5.26 Å². The van der Waals surface area contributed by atoms with E-state index in [1.54, 1.807) is 0 Å². The quantitative estimate of drug-likeness (QED) is 0.0847. The lowest BCUT2D eigenvalue weighted by molar-refractivity contribution is 0.0484. The monoisotopic (exact) mass is 705 g/mol. The van der Waals surface area contributed by atoms with Crippen molar-refractivity contribution in [2.75, 3.05) is 19.8 Å². The molecular weight excluding hydrogens is 631 g/mol. The Morgan fingerprint density at radius 2 is 1.47 bits per heavy atom. The topological polar surface area (TPSA) is 84.2 Å². The van der Waals surface area contributed by atoms with Crippen molar-refractivity contribution in [3.8, 4) is 17.6 Å². The zero-order chi connectivity index (χ0) is 36.7. The van der Waals surface area contributed by atoms with Gasteiger partial charge in [-0.1, -0.05) is 72.6 Å². The first-order chi connectivity index (χ1) is 23.1. The first-order valence-corrected chi connectivity index (χ1v) is 20.6. The predicted molar refractivity (Wildman–Crippen MR) is 205 cm³/mol. The third-order valence-electron chi connectivity index (χ3n) is 10.4. The molecule has 2 rings (SSSR count). The molecule has 0 spiro atoms. The average molecular weight is 705 g/mol. The number of benzene rings is 1. The SMILES string of the molecule is Cc1c(C)c2c(c(C)c1OCC(CO)OP(OCCC#N)N(C(C)C)C(C)C)CCC(C)(CCCC(C)CCCC(C)CCCC(C)C)O2. The fourth-order valence-electron chi connectivity index (χ4n) is 7.19. The van der Waals surface area contributed by atoms with Crippen molar-refractivity contribution in [1.82, 2.24) is 4.67 Å². The summed E-state index contributed by atoms with van der Waals surface area (Å²) in [6.07, 6.45) is 13.4. The largest absolute Gasteiger partial charge is 0.490 e. The number of rotatable bonds is 24. The van der Waals surface area contributed by atoms with Crippen LogP contribution in [0.3, 0.4) is 0 Å². The van der Waals surface area contributed by atoms with Gasteiger partial charge >= 0.3 is 0 Å². The van der Waals surface area contributed by atoms with E-state index in [0.717, 1.165) is 65.2 Å². The summed E-state index contributed by atoms with van der Waals surface area (Å²) in [6.45, 7) is 26.9. The summed E-state index contributed by atoms with van der Waals surface area (Å²) in [5.74, 6) is 4.33. The van der Waals surface area contributed by atoms with Crippen LogP contribution >= 0.6 is 8.53 Å². The lowest BCUT2D eigenvalue weighted by Crippen LogP contribution is -2.37. The molecule has 282 valence electrons. The highest BCUT2D eigenvalue weighted by atomic mass is 31.2. The van der Waals surface area contributed by atoms with Gasteiger partial charge in [0.05, 0.1) is 25.7 Å². The van der Waals surface area contributed by atoms with E-state index in [1.807, 2.05) is 0 Å². The van der Waals surface area contributed by atoms with Gasteiger partial charge in [0.25, 0.3) is 8.53 Å². The molecule has 0 bridgehead atoms. The molecule has 1 aliphatic heterocycles. The molecule has 7 nitrogen and oxygen atoms in total. The Kier molecular flexibility index (Phi) is 19.5. The van der Waals surface area contributed by atoms with Crippen molar-refractivity contribution in [2.45, 2.75) is 184 Å². The Morgan fingerprint density at radius 1 is 0.878 bits per heavy atom. The maximum absolute atomic E-state index is 10.3. The normalized spacial score (nSPS) is 18.8. The first-order valence-electron chi connectivity index (χ1n) is 19.4. The van der Waals surface area contributed by atoms with Crippen LogP contribution in [0.15, 0.2) is 0 Å². The molecule has 1 heterocycles. The van der Waals surface area contributed by atoms with Crippen molar-refractivity contribution in [3.05, 3.63) is 22.3 Å². The Hall–Kier alpha value is -1.42. The van der Waals surface area contributed by atoms with Crippen molar-refractivity contribution >= 4 is 8.53 Å². The molecular formula is C41H73N2O5P. The molecule has 1 aromatic rings. The van der Waals surface area contributed by atoms with Gasteiger partial charge in [-0.05, 0) is 116 Å². The van der Waals surface area contributed by atoms with E-state index in [0.29, 0.717) is 0 Å². The molecule has 1 N–H and O–H groups in total. The summed E-state index contributed by atoms with van der Waals surface area (Å²) in [6, 6.07) is 2.50. The minimum Gasteiger partial charge on any atom is -0.490 e. The smallest absolute Gasteiger partial charge is 0.259 e. The van der Waals surface area contributed by atoms with E-state index in [-0.39, 0.29) is 43.9 Å². The summed E-state index contributed by atoms with van der Waals surface area (Å²) in [7, 11) is -1.48. The molecule has 0 aromatic heterocycles. The fraction of sp³-hybridized carbons (Fsp3) is 0.829. The maximum atomic E-state index is 10.3. The summed E-state index contributed by atoms with van der Waals surface area (Å²) >= 11 is 0. The number of nitrogens with zero attached hydrogens (tertiary/aromatic N) is 2. The molecule has 8 heteroatoms. The summed E-state index contributed by atoms with van der Waals surface area (Å²) < 4.78 is 27.9. The van der Waals surface area contributed by atoms with Gasteiger partial charge in [0, 0.05) is 17.6 Å². The van der Waals surface area contributed by atoms with E-state index in [9.17, 15) is 5.11 Å². The lowest BCUT2D eigenvalue weighted by Gasteiger charge is -2.39. The molecule has 0 saturated carbocycles. The molecule has 5 unspecified atom stereocenters. The minimum absolute atomic E-state index is 0.152. The van der Waals surface area contributed by atoms with Crippen LogP contribution in [0.1, 0.15) is 155 Å². The summed E-state index contributed by atoms with van der Waals surface area (Å²) in [5, 5.41) is 19.3. The number of aliphatic hydroxyl groups is 1. The van der Waals surface area contributed by atoms with Gasteiger partial charge < -0.3 is 23.6 Å². The molecule has 0 saturated heterocycles. The average Bonchev–Trinajstić information content (AvgIpc) is 3.02. The van der Waals surface area contributed by atoms with Crippen LogP contribution in [0.2, 0.25) is 0 Å². The Balaban J connectivity index is 1.99. The van der Waals surface area contributed by atoms with E-state index >= 15 is 0 Å². The molecule has 1 aliphatic rings. The lowest BCUT2D eigenvalue weighted by atomic mass is 9.83. The van der Waals surface area contributed by atoms with Gasteiger partial charge in [-0.25, -0.2) is 4.67 Å². The molecule has 5 atom stereocenters. The predicted octanol–water partition coefficient (Wildman–Crippen LogP) is 11.2. The van der Waals surface area contributed by atoms with Crippen LogP contribution in [-0.2, 0) is 15.5 Å². The minimum atomic E-state index is -1.48. The zero-order valence-electron chi connectivity index (χ0n) is 33.5. The van der Waals surface area contributed by atoms with E-state index in [4.69, 9.17) is 23.8 Å². The fourth-order valence-corrected chi connectivity index (χ4v) is 8.88. The zero-order valence-corrected chi connectivity index (χ0v) is 34.4. The third-order valence-corrected chi connectivity index (χ3v) is 12.5. The second kappa shape index (κ2) is 21.8. The summed E-state index contributed by atoms with van der Waals surface area (Å²) in [4.78, 5) is 0. The second-order valence-electron chi connectivity index (χ2n) is 16.2. The van der Waals surface area contributed by atoms with E-state index < -0.39 is 14.6 Å². The summed E-state index contributed by atoms with van der Waals surface area (Å²) in [5.41, 5.74) is 4.40. The van der Waals surface area contributed by atoms with Crippen LogP contribution in [0, 0.1) is 49.9 Å². The standard InChI is InChI=1S/C41H73N2O5P/c1-29(2)17-13-18-32(7)19-14-20-33(8)21-15-23-41(12)24-22-38-36(11)39(34(9)35(10)40(38)47-41)45-28-37(27-44)48-49(46-26-16-25-42)43(30(3)4)31(5)6/h29-33,37,44H,13-24,26-28H2,1-12H3. The van der Waals surface area contributed by atoms with Crippen LogP contribution in [0.5, 0.6) is 11.5 Å². The Bertz CT molecular complexity index is 1140. The van der Waals surface area contributed by atoms with Gasteiger partial charge in [-0.15, -0.1) is 0 Å². The molecule has 49 heavy (non-hydrogen) atoms. The van der Waals surface area contributed by atoms with Gasteiger partial charge in [0.15, 0.2) is 0 Å². The number of ether oxygens (including phenoxy) is 2. The van der Waals surface area contributed by atoms with Crippen molar-refractivity contribution in [3.63, 3.8) is 0 Å². The highest BCUT2D eigenvalue weighted by Gasteiger charge is 2.35. The number of aliphatic hydroxyl groups excluding tert-OH is 1.